The molecule has 2 aromatic carbocycles. The van der Waals surface area contributed by atoms with Gasteiger partial charge in [-0.1, -0.05) is 6.07 Å². The van der Waals surface area contributed by atoms with Crippen LogP contribution >= 0.6 is 0 Å². The van der Waals surface area contributed by atoms with Crippen LogP contribution < -0.4 is 10.1 Å². The van der Waals surface area contributed by atoms with Gasteiger partial charge in [-0.15, -0.1) is 0 Å². The normalized spacial score (nSPS) is 14.0. The average Bonchev–Trinajstić information content (AvgIpc) is 2.74. The molecule has 0 fully saturated rings. The van der Waals surface area contributed by atoms with Gasteiger partial charge in [0, 0.05) is 18.5 Å². The van der Waals surface area contributed by atoms with Gasteiger partial charge < -0.3 is 10.1 Å². The van der Waals surface area contributed by atoms with E-state index in [1.54, 1.807) is 12.1 Å². The summed E-state index contributed by atoms with van der Waals surface area (Å²) in [7, 11) is 0. The first-order valence-electron chi connectivity index (χ1n) is 7.18. The second kappa shape index (κ2) is 6.32. The van der Waals surface area contributed by atoms with E-state index in [0.29, 0.717) is 25.1 Å². The van der Waals surface area contributed by atoms with Gasteiger partial charge in [0.2, 0.25) is 5.91 Å². The molecule has 1 N–H and O–H groups in total. The quantitative estimate of drug-likeness (QED) is 0.882. The number of ether oxygens (including phenoxy) is 1. The molecule has 0 aliphatic carbocycles. The van der Waals surface area contributed by atoms with Gasteiger partial charge in [0.1, 0.15) is 12.4 Å². The lowest BCUT2D eigenvalue weighted by Crippen LogP contribution is -2.20. The lowest BCUT2D eigenvalue weighted by Gasteiger charge is -2.11. The van der Waals surface area contributed by atoms with Gasteiger partial charge in [0.25, 0.3) is 0 Å². The van der Waals surface area contributed by atoms with E-state index < -0.39 is 17.5 Å². The van der Waals surface area contributed by atoms with Gasteiger partial charge in [-0.25, -0.2) is 13.2 Å². The van der Waals surface area contributed by atoms with Crippen molar-refractivity contribution >= 4 is 5.91 Å². The van der Waals surface area contributed by atoms with Gasteiger partial charge in [0.05, 0.1) is 0 Å². The maximum Gasteiger partial charge on any atom is 0.220 e. The molecule has 0 bridgehead atoms. The van der Waals surface area contributed by atoms with Crippen LogP contribution in [0.25, 0.3) is 0 Å². The van der Waals surface area contributed by atoms with E-state index in [0.717, 1.165) is 23.3 Å². The Morgan fingerprint density at radius 3 is 2.65 bits per heavy atom. The Labute approximate surface area is 131 Å². The first kappa shape index (κ1) is 15.4. The van der Waals surface area contributed by atoms with Gasteiger partial charge in [-0.3, -0.25) is 4.79 Å². The van der Waals surface area contributed by atoms with Crippen molar-refractivity contribution in [3.05, 3.63) is 64.5 Å². The van der Waals surface area contributed by atoms with Crippen LogP contribution in [0.5, 0.6) is 5.75 Å². The first-order valence-corrected chi connectivity index (χ1v) is 7.18. The Morgan fingerprint density at radius 2 is 1.83 bits per heavy atom. The molecular weight excluding hydrogens is 307 g/mol. The van der Waals surface area contributed by atoms with Crippen LogP contribution in [0.2, 0.25) is 0 Å². The third kappa shape index (κ3) is 3.31. The number of aryl methyl sites for hydroxylation is 1. The third-order valence-corrected chi connectivity index (χ3v) is 3.78. The van der Waals surface area contributed by atoms with E-state index in [2.05, 4.69) is 5.32 Å². The van der Waals surface area contributed by atoms with E-state index in [9.17, 15) is 18.0 Å². The molecule has 1 heterocycles. The van der Waals surface area contributed by atoms with Gasteiger partial charge in [-0.2, -0.15) is 0 Å². The first-order chi connectivity index (χ1) is 11.0. The maximum absolute atomic E-state index is 13.6. The molecule has 0 unspecified atom stereocenters. The molecule has 2 aromatic rings. The third-order valence-electron chi connectivity index (χ3n) is 3.78. The largest absolute Gasteiger partial charge is 0.489 e. The summed E-state index contributed by atoms with van der Waals surface area (Å²) in [6.45, 7) is 0.255. The molecule has 1 aliphatic heterocycles. The minimum atomic E-state index is -1.50. The van der Waals surface area contributed by atoms with E-state index in [-0.39, 0.29) is 18.1 Å². The summed E-state index contributed by atoms with van der Waals surface area (Å²) in [4.78, 5) is 11.4. The maximum atomic E-state index is 13.6. The number of rotatable bonds is 3. The molecule has 3 nitrogen and oxygen atoms in total. The van der Waals surface area contributed by atoms with Crippen molar-refractivity contribution in [3.63, 3.8) is 0 Å². The number of carbonyl (C=O) groups excluding carboxylic acids is 1. The van der Waals surface area contributed by atoms with E-state index in [1.807, 2.05) is 6.07 Å². The summed E-state index contributed by atoms with van der Waals surface area (Å²) in [5.41, 5.74) is 1.92. The van der Waals surface area contributed by atoms with Crippen molar-refractivity contribution in [3.8, 4) is 5.75 Å². The highest BCUT2D eigenvalue weighted by Gasteiger charge is 2.15. The molecule has 1 amide bonds. The monoisotopic (exact) mass is 321 g/mol. The number of nitrogens with one attached hydrogen (secondary N) is 1. The molecule has 0 aromatic heterocycles. The predicted octanol–water partition coefficient (Wildman–Crippen LogP) is 3.25. The molecule has 0 saturated heterocycles. The molecule has 3 rings (SSSR count). The van der Waals surface area contributed by atoms with Gasteiger partial charge in [-0.05, 0) is 41.8 Å². The smallest absolute Gasteiger partial charge is 0.220 e. The molecule has 0 spiro atoms. The van der Waals surface area contributed by atoms with Crippen molar-refractivity contribution < 1.29 is 22.7 Å². The van der Waals surface area contributed by atoms with Crippen LogP contribution in [0, 0.1) is 17.5 Å². The summed E-state index contributed by atoms with van der Waals surface area (Å²) in [5, 5.41) is 2.79. The number of benzene rings is 2. The van der Waals surface area contributed by atoms with Crippen molar-refractivity contribution in [2.24, 2.45) is 0 Å². The minimum absolute atomic E-state index is 0.00692. The molecule has 120 valence electrons. The van der Waals surface area contributed by atoms with Crippen molar-refractivity contribution in [1.29, 1.82) is 0 Å². The number of hydrogen-bond donors (Lipinski definition) is 1. The van der Waals surface area contributed by atoms with Crippen LogP contribution in [0.3, 0.4) is 0 Å². The number of amides is 1. The average molecular weight is 321 g/mol. The van der Waals surface area contributed by atoms with E-state index >= 15 is 0 Å². The zero-order valence-electron chi connectivity index (χ0n) is 12.2. The number of carbonyl (C=O) groups is 1. The molecule has 6 heteroatoms. The molecule has 0 saturated carbocycles. The van der Waals surface area contributed by atoms with Crippen molar-refractivity contribution in [2.75, 3.05) is 0 Å². The Balaban J connectivity index is 1.75. The van der Waals surface area contributed by atoms with Crippen LogP contribution in [0.15, 0.2) is 30.3 Å². The van der Waals surface area contributed by atoms with Gasteiger partial charge >= 0.3 is 0 Å². The number of halogens is 3. The standard InChI is InChI=1S/C17H14F3NO2/c18-14-5-2-12(16(19)17(14)20)9-23-13-4-1-11-8-21-15(22)6-3-10(11)7-13/h1-2,4-5,7H,3,6,8-9H2,(H,21,22). The van der Waals surface area contributed by atoms with E-state index in [1.165, 1.54) is 0 Å². The fourth-order valence-corrected chi connectivity index (χ4v) is 2.47. The second-order valence-electron chi connectivity index (χ2n) is 5.33. The summed E-state index contributed by atoms with van der Waals surface area (Å²) in [6.07, 6.45) is 0.992. The Morgan fingerprint density at radius 1 is 1.00 bits per heavy atom. The highest BCUT2D eigenvalue weighted by Crippen LogP contribution is 2.23. The summed E-state index contributed by atoms with van der Waals surface area (Å²) < 4.78 is 45.1. The van der Waals surface area contributed by atoms with Crippen LogP contribution in [-0.4, -0.2) is 5.91 Å². The predicted molar refractivity (Wildman–Crippen MR) is 77.3 cm³/mol. The fourth-order valence-electron chi connectivity index (χ4n) is 2.47. The molecule has 23 heavy (non-hydrogen) atoms. The van der Waals surface area contributed by atoms with Crippen LogP contribution in [-0.2, 0) is 24.4 Å². The molecule has 0 atom stereocenters. The summed E-state index contributed by atoms with van der Waals surface area (Å²) in [6, 6.07) is 7.34. The van der Waals surface area contributed by atoms with E-state index in [4.69, 9.17) is 4.74 Å². The molecule has 1 aliphatic rings. The number of fused-ring (bicyclic) bond motifs is 1. The topological polar surface area (TPSA) is 38.3 Å². The Kier molecular flexibility index (Phi) is 4.23. The Bertz CT molecular complexity index is 762. The second-order valence-corrected chi connectivity index (χ2v) is 5.33. The molecule has 0 radical (unpaired) electrons. The lowest BCUT2D eigenvalue weighted by atomic mass is 10.0. The van der Waals surface area contributed by atoms with Crippen molar-refractivity contribution in [1.82, 2.24) is 5.32 Å². The molecular formula is C17H14F3NO2. The zero-order valence-corrected chi connectivity index (χ0v) is 12.2. The number of hydrogen-bond acceptors (Lipinski definition) is 2. The summed E-state index contributed by atoms with van der Waals surface area (Å²) in [5.74, 6) is -3.49. The lowest BCUT2D eigenvalue weighted by molar-refractivity contribution is -0.121. The minimum Gasteiger partial charge on any atom is -0.489 e. The SMILES string of the molecule is O=C1CCc2cc(OCc3ccc(F)c(F)c3F)ccc2CN1. The van der Waals surface area contributed by atoms with Crippen molar-refractivity contribution in [2.45, 2.75) is 26.0 Å². The van der Waals surface area contributed by atoms with Crippen LogP contribution in [0.1, 0.15) is 23.1 Å². The Hall–Kier alpha value is -2.50. The fraction of sp³-hybridized carbons (Fsp3) is 0.235. The highest BCUT2D eigenvalue weighted by molar-refractivity contribution is 5.77. The zero-order chi connectivity index (χ0) is 16.4. The summed E-state index contributed by atoms with van der Waals surface area (Å²) >= 11 is 0. The highest BCUT2D eigenvalue weighted by atomic mass is 19.2. The van der Waals surface area contributed by atoms with Crippen LogP contribution in [0.4, 0.5) is 13.2 Å². The van der Waals surface area contributed by atoms with Gasteiger partial charge in [0.15, 0.2) is 17.5 Å².